The maximum Gasteiger partial charge on any atom is 0.0861 e. The van der Waals surface area contributed by atoms with Crippen LogP contribution in [0.15, 0.2) is 4.99 Å². The monoisotopic (exact) mass is 86.0 g/mol. The molecule has 0 aromatic rings. The van der Waals surface area contributed by atoms with Gasteiger partial charge in [0, 0.05) is 6.21 Å². The summed E-state index contributed by atoms with van der Waals surface area (Å²) in [5, 5.41) is 8.04. The van der Waals surface area contributed by atoms with E-state index in [1.807, 2.05) is 0 Å². The molecular formula is C3H6N2O. The number of rotatable bonds is 1. The van der Waals surface area contributed by atoms with E-state index in [9.17, 15) is 0 Å². The zero-order chi connectivity index (χ0) is 4.41. The molecule has 0 amide bonds. The largest absolute Gasteiger partial charge is 0.316 e. The van der Waals surface area contributed by atoms with E-state index in [1.165, 1.54) is 0 Å². The second-order valence-corrected chi connectivity index (χ2v) is 1.25. The molecule has 0 aromatic heterocycles. The van der Waals surface area contributed by atoms with Crippen molar-refractivity contribution >= 4 is 6.21 Å². The van der Waals surface area contributed by atoms with E-state index in [0.29, 0.717) is 0 Å². The zero-order valence-electron chi connectivity index (χ0n) is 3.26. The zero-order valence-corrected chi connectivity index (χ0v) is 3.26. The van der Waals surface area contributed by atoms with Gasteiger partial charge >= 0.3 is 0 Å². The Morgan fingerprint density at radius 1 is 2.00 bits per heavy atom. The average molecular weight is 86.1 g/mol. The minimum absolute atomic E-state index is 0.130. The molecule has 1 unspecified atom stereocenters. The van der Waals surface area contributed by atoms with Gasteiger partial charge < -0.3 is 5.21 Å². The molecule has 1 rings (SSSR count). The van der Waals surface area contributed by atoms with Crippen LogP contribution in [0.2, 0.25) is 0 Å². The van der Waals surface area contributed by atoms with Gasteiger partial charge in [0.1, 0.15) is 0 Å². The Bertz CT molecular complexity index is 71.2. The highest BCUT2D eigenvalue weighted by molar-refractivity contribution is 5.69. The molecule has 1 aliphatic rings. The van der Waals surface area contributed by atoms with E-state index >= 15 is 0 Å². The third-order valence-corrected chi connectivity index (χ3v) is 0.753. The molecule has 3 heteroatoms. The molecule has 0 aliphatic carbocycles. The van der Waals surface area contributed by atoms with Crippen LogP contribution in [-0.4, -0.2) is 24.0 Å². The summed E-state index contributed by atoms with van der Waals surface area (Å²) in [6.45, 7) is 0.719. The molecular weight excluding hydrogens is 80.0 g/mol. The summed E-state index contributed by atoms with van der Waals surface area (Å²) in [5.41, 5.74) is 2.05. The van der Waals surface area contributed by atoms with Crippen molar-refractivity contribution in [2.24, 2.45) is 4.99 Å². The molecule has 1 atom stereocenters. The molecule has 3 nitrogen and oxygen atoms in total. The summed E-state index contributed by atoms with van der Waals surface area (Å²) in [5.74, 6) is 0. The highest BCUT2D eigenvalue weighted by Gasteiger charge is 2.07. The van der Waals surface area contributed by atoms with Crippen molar-refractivity contribution in [3.05, 3.63) is 0 Å². The van der Waals surface area contributed by atoms with Crippen molar-refractivity contribution in [2.75, 3.05) is 6.54 Å². The van der Waals surface area contributed by atoms with E-state index in [0.717, 1.165) is 6.54 Å². The molecule has 0 bridgehead atoms. The second-order valence-electron chi connectivity index (χ2n) is 1.25. The van der Waals surface area contributed by atoms with Crippen LogP contribution in [0, 0.1) is 0 Å². The fourth-order valence-corrected chi connectivity index (χ4v) is 0.285. The Kier molecular flexibility index (Phi) is 0.856. The summed E-state index contributed by atoms with van der Waals surface area (Å²) >= 11 is 0. The van der Waals surface area contributed by atoms with Crippen LogP contribution < -0.4 is 5.48 Å². The Labute approximate surface area is 35.7 Å². The molecule has 0 saturated heterocycles. The van der Waals surface area contributed by atoms with Gasteiger partial charge in [-0.2, -0.15) is 5.48 Å². The molecule has 1 heterocycles. The smallest absolute Gasteiger partial charge is 0.0861 e. The fourth-order valence-electron chi connectivity index (χ4n) is 0.285. The standard InChI is InChI=1S/C3H6N2O/c6-5-3-1-4-2-3/h1,3,5-6H,2H2. The van der Waals surface area contributed by atoms with Gasteiger partial charge in [-0.15, -0.1) is 0 Å². The first-order valence-electron chi connectivity index (χ1n) is 1.83. The van der Waals surface area contributed by atoms with Crippen molar-refractivity contribution in [1.82, 2.24) is 5.48 Å². The van der Waals surface area contributed by atoms with Crippen LogP contribution in [0.1, 0.15) is 0 Å². The van der Waals surface area contributed by atoms with Gasteiger partial charge in [0.25, 0.3) is 0 Å². The van der Waals surface area contributed by atoms with Crippen molar-refractivity contribution < 1.29 is 5.21 Å². The minimum atomic E-state index is 0.130. The van der Waals surface area contributed by atoms with E-state index < -0.39 is 0 Å². The summed E-state index contributed by atoms with van der Waals surface area (Å²) in [4.78, 5) is 3.72. The SMILES string of the molecule is ONC1C=NC1. The fraction of sp³-hybridized carbons (Fsp3) is 0.667. The molecule has 2 N–H and O–H groups in total. The van der Waals surface area contributed by atoms with Gasteiger partial charge in [0.05, 0.1) is 12.6 Å². The normalized spacial score (nSPS) is 29.8. The summed E-state index contributed by atoms with van der Waals surface area (Å²) in [6, 6.07) is 0.130. The van der Waals surface area contributed by atoms with Crippen molar-refractivity contribution in [2.45, 2.75) is 6.04 Å². The lowest BCUT2D eigenvalue weighted by atomic mass is 10.3. The molecule has 1 aliphatic heterocycles. The van der Waals surface area contributed by atoms with Gasteiger partial charge in [-0.05, 0) is 0 Å². The number of hydrogen-bond donors (Lipinski definition) is 2. The van der Waals surface area contributed by atoms with Crippen LogP contribution in [-0.2, 0) is 0 Å². The Morgan fingerprint density at radius 2 is 2.67 bits per heavy atom. The first kappa shape index (κ1) is 3.77. The number of hydroxylamine groups is 1. The van der Waals surface area contributed by atoms with Gasteiger partial charge in [-0.1, -0.05) is 0 Å². The lowest BCUT2D eigenvalue weighted by molar-refractivity contribution is 0.149. The Morgan fingerprint density at radius 3 is 2.67 bits per heavy atom. The van der Waals surface area contributed by atoms with Crippen LogP contribution >= 0.6 is 0 Å². The van der Waals surface area contributed by atoms with E-state index in [1.54, 1.807) is 6.21 Å². The van der Waals surface area contributed by atoms with Crippen LogP contribution in [0.4, 0.5) is 0 Å². The molecule has 0 saturated carbocycles. The molecule has 0 radical (unpaired) electrons. The second kappa shape index (κ2) is 1.36. The quantitative estimate of drug-likeness (QED) is 0.419. The third-order valence-electron chi connectivity index (χ3n) is 0.753. The van der Waals surface area contributed by atoms with Crippen molar-refractivity contribution in [3.8, 4) is 0 Å². The van der Waals surface area contributed by atoms with Crippen LogP contribution in [0.5, 0.6) is 0 Å². The molecule has 0 fully saturated rings. The highest BCUT2D eigenvalue weighted by atomic mass is 16.5. The van der Waals surface area contributed by atoms with E-state index in [2.05, 4.69) is 10.5 Å². The van der Waals surface area contributed by atoms with Crippen LogP contribution in [0.3, 0.4) is 0 Å². The number of hydrogen-bond acceptors (Lipinski definition) is 3. The number of nitrogens with one attached hydrogen (secondary N) is 1. The summed E-state index contributed by atoms with van der Waals surface area (Å²) in [6.07, 6.45) is 1.67. The summed E-state index contributed by atoms with van der Waals surface area (Å²) in [7, 11) is 0. The molecule has 34 valence electrons. The topological polar surface area (TPSA) is 44.6 Å². The van der Waals surface area contributed by atoms with Gasteiger partial charge in [-0.3, -0.25) is 4.99 Å². The van der Waals surface area contributed by atoms with Crippen molar-refractivity contribution in [3.63, 3.8) is 0 Å². The van der Waals surface area contributed by atoms with Gasteiger partial charge in [0.15, 0.2) is 0 Å². The maximum absolute atomic E-state index is 8.04. The van der Waals surface area contributed by atoms with Gasteiger partial charge in [0.2, 0.25) is 0 Å². The molecule has 0 spiro atoms. The van der Waals surface area contributed by atoms with Crippen LogP contribution in [0.25, 0.3) is 0 Å². The third kappa shape index (κ3) is 0.418. The highest BCUT2D eigenvalue weighted by Crippen LogP contribution is 1.88. The van der Waals surface area contributed by atoms with E-state index in [-0.39, 0.29) is 6.04 Å². The maximum atomic E-state index is 8.04. The Hall–Kier alpha value is -0.410. The molecule has 6 heavy (non-hydrogen) atoms. The first-order chi connectivity index (χ1) is 2.93. The van der Waals surface area contributed by atoms with Crippen molar-refractivity contribution in [1.29, 1.82) is 0 Å². The van der Waals surface area contributed by atoms with E-state index in [4.69, 9.17) is 5.21 Å². The first-order valence-corrected chi connectivity index (χ1v) is 1.83. The number of nitrogens with zero attached hydrogens (tertiary/aromatic N) is 1. The van der Waals surface area contributed by atoms with Gasteiger partial charge in [-0.25, -0.2) is 0 Å². The lowest BCUT2D eigenvalue weighted by Crippen LogP contribution is -2.36. The minimum Gasteiger partial charge on any atom is -0.316 e. The Balaban J connectivity index is 2.21. The summed E-state index contributed by atoms with van der Waals surface area (Å²) < 4.78 is 0. The predicted molar refractivity (Wildman–Crippen MR) is 22.1 cm³/mol. The predicted octanol–water partition coefficient (Wildman–Crippen LogP) is -0.582. The average Bonchev–Trinajstić information content (AvgIpc) is 1.31. The number of aliphatic imine (C=N–C) groups is 1. The lowest BCUT2D eigenvalue weighted by Gasteiger charge is -2.12. The molecule has 0 aromatic carbocycles.